The number of rotatable bonds is 16. The van der Waals surface area contributed by atoms with Gasteiger partial charge >= 0.3 is 11.9 Å². The minimum Gasteiger partial charge on any atom is -0.481 e. The van der Waals surface area contributed by atoms with E-state index in [0.29, 0.717) is 18.8 Å². The Morgan fingerprint density at radius 1 is 1.16 bits per heavy atom. The number of Topliss-reactive ketones (excluding diaryl/α,β-unsaturated/α-hetero) is 1. The molecule has 0 amide bonds. The number of carboxylic acids is 1. The van der Waals surface area contributed by atoms with Crippen molar-refractivity contribution in [3.8, 4) is 0 Å². The number of aliphatic carboxylic acids is 1. The Labute approximate surface area is 186 Å². The summed E-state index contributed by atoms with van der Waals surface area (Å²) in [5.74, 6) is -0.980. The number of esters is 1. The topological polar surface area (TPSA) is 101 Å². The van der Waals surface area contributed by atoms with Crippen molar-refractivity contribution < 1.29 is 29.3 Å². The average molecular weight is 437 g/mol. The fourth-order valence-corrected chi connectivity index (χ4v) is 3.81. The first-order valence-corrected chi connectivity index (χ1v) is 11.7. The summed E-state index contributed by atoms with van der Waals surface area (Å²) in [6, 6.07) is 0. The van der Waals surface area contributed by atoms with Gasteiger partial charge < -0.3 is 14.9 Å². The van der Waals surface area contributed by atoms with Gasteiger partial charge in [0.05, 0.1) is 25.0 Å². The maximum atomic E-state index is 12.3. The van der Waals surface area contributed by atoms with E-state index in [1.165, 1.54) is 0 Å². The first-order chi connectivity index (χ1) is 14.7. The molecule has 0 aromatic heterocycles. The molecule has 1 aliphatic rings. The van der Waals surface area contributed by atoms with Crippen LogP contribution in [-0.2, 0) is 19.1 Å². The van der Waals surface area contributed by atoms with E-state index in [4.69, 9.17) is 9.84 Å². The van der Waals surface area contributed by atoms with E-state index in [0.717, 1.165) is 57.8 Å². The largest absolute Gasteiger partial charge is 0.481 e. The zero-order chi connectivity index (χ0) is 23.1. The highest BCUT2D eigenvalue weighted by molar-refractivity contribution is 5.83. The molecule has 0 bridgehead atoms. The van der Waals surface area contributed by atoms with Crippen LogP contribution in [0.5, 0.6) is 0 Å². The normalized spacial score (nSPS) is 21.1. The molecule has 3 atom stereocenters. The third kappa shape index (κ3) is 12.5. The van der Waals surface area contributed by atoms with Crippen LogP contribution >= 0.6 is 0 Å². The summed E-state index contributed by atoms with van der Waals surface area (Å²) < 4.78 is 4.99. The number of carboxylic acid groups (broad SMARTS) is 1. The molecule has 0 unspecified atom stereocenters. The lowest BCUT2D eigenvalue weighted by atomic mass is 9.89. The summed E-state index contributed by atoms with van der Waals surface area (Å²) in [5, 5.41) is 19.0. The van der Waals surface area contributed by atoms with Crippen LogP contribution in [0.1, 0.15) is 90.9 Å². The average Bonchev–Trinajstić information content (AvgIpc) is 3.06. The molecule has 1 saturated carbocycles. The van der Waals surface area contributed by atoms with E-state index < -0.39 is 17.5 Å². The molecule has 6 nitrogen and oxygen atoms in total. The van der Waals surface area contributed by atoms with Crippen molar-refractivity contribution in [2.24, 2.45) is 11.8 Å². The minimum atomic E-state index is -1.00. The third-order valence-corrected chi connectivity index (χ3v) is 5.77. The van der Waals surface area contributed by atoms with Gasteiger partial charge in [-0.1, -0.05) is 50.5 Å². The fraction of sp³-hybridized carbons (Fsp3) is 0.720. The number of hydrogen-bond donors (Lipinski definition) is 2. The van der Waals surface area contributed by atoms with Crippen molar-refractivity contribution >= 4 is 17.7 Å². The van der Waals surface area contributed by atoms with Gasteiger partial charge in [-0.25, -0.2) is 0 Å². The Kier molecular flexibility index (Phi) is 13.1. The van der Waals surface area contributed by atoms with Crippen LogP contribution in [0.25, 0.3) is 0 Å². The fourth-order valence-electron chi connectivity index (χ4n) is 3.81. The Bertz CT molecular complexity index is 620. The summed E-state index contributed by atoms with van der Waals surface area (Å²) in [6.45, 7) is 4.29. The summed E-state index contributed by atoms with van der Waals surface area (Å²) >= 11 is 0. The summed E-state index contributed by atoms with van der Waals surface area (Å²) in [4.78, 5) is 34.0. The van der Waals surface area contributed by atoms with Crippen molar-refractivity contribution in [2.75, 3.05) is 6.61 Å². The number of aliphatic hydroxyl groups is 1. The maximum Gasteiger partial charge on any atom is 0.306 e. The van der Waals surface area contributed by atoms with Crippen LogP contribution in [0.2, 0.25) is 0 Å². The molecule has 0 spiro atoms. The van der Waals surface area contributed by atoms with E-state index in [2.05, 4.69) is 19.1 Å². The molecule has 1 aliphatic carbocycles. The van der Waals surface area contributed by atoms with Crippen molar-refractivity contribution in [1.82, 2.24) is 0 Å². The molecule has 31 heavy (non-hydrogen) atoms. The predicted molar refractivity (Wildman–Crippen MR) is 121 cm³/mol. The summed E-state index contributed by atoms with van der Waals surface area (Å²) in [5.41, 5.74) is -0.807. The van der Waals surface area contributed by atoms with Crippen molar-refractivity contribution in [3.63, 3.8) is 0 Å². The van der Waals surface area contributed by atoms with Crippen molar-refractivity contribution in [3.05, 3.63) is 24.3 Å². The van der Waals surface area contributed by atoms with Crippen LogP contribution in [0, 0.1) is 11.8 Å². The van der Waals surface area contributed by atoms with Crippen LogP contribution in [0.15, 0.2) is 24.3 Å². The van der Waals surface area contributed by atoms with Gasteiger partial charge in [0.15, 0.2) is 0 Å². The number of carbonyl (C=O) groups is 3. The first-order valence-electron chi connectivity index (χ1n) is 11.7. The molecule has 0 radical (unpaired) electrons. The lowest BCUT2D eigenvalue weighted by Gasteiger charge is -2.20. The molecule has 6 heteroatoms. The van der Waals surface area contributed by atoms with Gasteiger partial charge in [0.1, 0.15) is 5.78 Å². The van der Waals surface area contributed by atoms with Gasteiger partial charge in [0.2, 0.25) is 0 Å². The molecular weight excluding hydrogens is 396 g/mol. The molecule has 1 fully saturated rings. The van der Waals surface area contributed by atoms with Gasteiger partial charge in [-0.3, -0.25) is 14.4 Å². The second-order valence-corrected chi connectivity index (χ2v) is 8.77. The molecule has 1 rings (SSSR count). The highest BCUT2D eigenvalue weighted by Crippen LogP contribution is 2.33. The zero-order valence-corrected chi connectivity index (χ0v) is 19.2. The molecule has 0 aliphatic heterocycles. The number of ketones is 1. The lowest BCUT2D eigenvalue weighted by molar-refractivity contribution is -0.147. The second kappa shape index (κ2) is 15.0. The Morgan fingerprint density at radius 2 is 1.94 bits per heavy atom. The van der Waals surface area contributed by atoms with Gasteiger partial charge in [0, 0.05) is 12.3 Å². The van der Waals surface area contributed by atoms with Gasteiger partial charge in [-0.2, -0.15) is 0 Å². The van der Waals surface area contributed by atoms with Crippen molar-refractivity contribution in [1.29, 1.82) is 0 Å². The predicted octanol–water partition coefficient (Wildman–Crippen LogP) is 4.99. The maximum absolute atomic E-state index is 12.3. The zero-order valence-electron chi connectivity index (χ0n) is 19.2. The van der Waals surface area contributed by atoms with E-state index >= 15 is 0 Å². The van der Waals surface area contributed by atoms with Gasteiger partial charge in [0.25, 0.3) is 0 Å². The molecule has 0 aromatic carbocycles. The van der Waals surface area contributed by atoms with Crippen LogP contribution in [0.3, 0.4) is 0 Å². The second-order valence-electron chi connectivity index (χ2n) is 8.77. The Balaban J connectivity index is 2.28. The number of carbonyl (C=O) groups excluding carboxylic acids is 2. The minimum absolute atomic E-state index is 0.00543. The SMILES string of the molecule is CCCCC[C@](C)(O)C=C[C@H]1CCC(=O)[C@@H]1CC=CCCCCOC(=O)CCC(=O)O. The third-order valence-electron chi connectivity index (χ3n) is 5.77. The first kappa shape index (κ1) is 27.1. The molecular formula is C25H40O6. The van der Waals surface area contributed by atoms with Crippen LogP contribution in [0.4, 0.5) is 0 Å². The lowest BCUT2D eigenvalue weighted by Crippen LogP contribution is -2.21. The standard InChI is InChI=1S/C25H40O6/c1-3-4-9-17-25(2,30)18-16-20-12-13-22(26)21(20)11-8-6-5-7-10-19-31-24(29)15-14-23(27)28/h6,8,16,18,20-21,30H,3-5,7,9-15,17,19H2,1-2H3,(H,27,28)/t20-,21-,25+/m1/s1. The van der Waals surface area contributed by atoms with E-state index in [9.17, 15) is 19.5 Å². The van der Waals surface area contributed by atoms with E-state index in [1.807, 2.05) is 19.1 Å². The van der Waals surface area contributed by atoms with Crippen molar-refractivity contribution in [2.45, 2.75) is 96.5 Å². The van der Waals surface area contributed by atoms with E-state index in [-0.39, 0.29) is 24.7 Å². The summed E-state index contributed by atoms with van der Waals surface area (Å²) in [7, 11) is 0. The summed E-state index contributed by atoms with van der Waals surface area (Å²) in [6.07, 6.45) is 16.4. The Morgan fingerprint density at radius 3 is 2.65 bits per heavy atom. The molecule has 176 valence electrons. The monoisotopic (exact) mass is 436 g/mol. The van der Waals surface area contributed by atoms with Crippen LogP contribution in [-0.4, -0.2) is 40.1 Å². The quantitative estimate of drug-likeness (QED) is 0.201. The van der Waals surface area contributed by atoms with Crippen LogP contribution < -0.4 is 0 Å². The molecule has 0 heterocycles. The molecule has 2 N–H and O–H groups in total. The number of allylic oxidation sites excluding steroid dienone is 3. The number of hydrogen-bond acceptors (Lipinski definition) is 5. The number of unbranched alkanes of at least 4 members (excludes halogenated alkanes) is 4. The van der Waals surface area contributed by atoms with E-state index in [1.54, 1.807) is 0 Å². The van der Waals surface area contributed by atoms with Gasteiger partial charge in [-0.05, 0) is 51.4 Å². The molecule has 0 aromatic rings. The highest BCUT2D eigenvalue weighted by Gasteiger charge is 2.32. The number of ether oxygens (including phenoxy) is 1. The smallest absolute Gasteiger partial charge is 0.306 e. The van der Waals surface area contributed by atoms with Gasteiger partial charge in [-0.15, -0.1) is 0 Å². The Hall–Kier alpha value is -1.95. The molecule has 0 saturated heterocycles. The highest BCUT2D eigenvalue weighted by atomic mass is 16.5.